The third-order valence-corrected chi connectivity index (χ3v) is 6.16. The molecule has 2 aromatic carbocycles. The molecule has 1 fully saturated rings. The molecule has 1 saturated carbocycles. The number of H-pyrrole nitrogens is 1. The van der Waals surface area contributed by atoms with Crippen LogP contribution in [0.25, 0.3) is 11.0 Å². The highest BCUT2D eigenvalue weighted by molar-refractivity contribution is 5.77. The highest BCUT2D eigenvalue weighted by atomic mass is 16.5. The summed E-state index contributed by atoms with van der Waals surface area (Å²) in [4.78, 5) is 21.0. The Morgan fingerprint density at radius 3 is 2.52 bits per heavy atom. The van der Waals surface area contributed by atoms with Gasteiger partial charge >= 0.3 is 6.03 Å². The van der Waals surface area contributed by atoms with Crippen molar-refractivity contribution in [3.63, 3.8) is 0 Å². The zero-order chi connectivity index (χ0) is 21.8. The molecule has 1 aliphatic rings. The fourth-order valence-corrected chi connectivity index (χ4v) is 4.24. The number of methoxy groups -OCH3 is 1. The van der Waals surface area contributed by atoms with Gasteiger partial charge < -0.3 is 25.5 Å². The minimum Gasteiger partial charge on any atom is -0.497 e. The van der Waals surface area contributed by atoms with E-state index in [1.165, 1.54) is 0 Å². The van der Waals surface area contributed by atoms with Crippen molar-refractivity contribution < 1.29 is 14.6 Å². The highest BCUT2D eigenvalue weighted by Gasteiger charge is 2.28. The maximum absolute atomic E-state index is 12.9. The number of carbonyl (C=O) groups is 1. The molecule has 4 rings (SSSR count). The molecule has 1 aliphatic carbocycles. The number of para-hydroxylation sites is 2. The molecule has 7 nitrogen and oxygen atoms in total. The zero-order valence-electron chi connectivity index (χ0n) is 18.0. The Balaban J connectivity index is 1.56. The highest BCUT2D eigenvalue weighted by Crippen LogP contribution is 2.31. The van der Waals surface area contributed by atoms with Gasteiger partial charge in [-0.25, -0.2) is 9.78 Å². The molecule has 0 aliphatic heterocycles. The maximum Gasteiger partial charge on any atom is 0.315 e. The van der Waals surface area contributed by atoms with Crippen LogP contribution >= 0.6 is 0 Å². The number of carbonyl (C=O) groups excluding carboxylic acids is 1. The van der Waals surface area contributed by atoms with Crippen LogP contribution in [0, 0.1) is 0 Å². The summed E-state index contributed by atoms with van der Waals surface area (Å²) in [5.41, 5.74) is 2.88. The first-order valence-corrected chi connectivity index (χ1v) is 10.9. The van der Waals surface area contributed by atoms with Crippen LogP contribution in [-0.4, -0.2) is 40.4 Å². The van der Waals surface area contributed by atoms with Crippen molar-refractivity contribution in [2.24, 2.45) is 0 Å². The van der Waals surface area contributed by atoms with E-state index < -0.39 is 0 Å². The number of aromatic amines is 1. The van der Waals surface area contributed by atoms with Crippen LogP contribution in [0.2, 0.25) is 0 Å². The molecule has 0 bridgehead atoms. The molecule has 0 saturated heterocycles. The molecule has 0 unspecified atom stereocenters. The number of aliphatic hydroxyl groups is 1. The van der Waals surface area contributed by atoms with Gasteiger partial charge in [-0.05, 0) is 55.5 Å². The average Bonchev–Trinajstić information content (AvgIpc) is 3.22. The van der Waals surface area contributed by atoms with E-state index >= 15 is 0 Å². The van der Waals surface area contributed by atoms with Gasteiger partial charge in [-0.15, -0.1) is 0 Å². The van der Waals surface area contributed by atoms with Crippen LogP contribution in [0.5, 0.6) is 5.75 Å². The van der Waals surface area contributed by atoms with E-state index in [9.17, 15) is 9.90 Å². The Labute approximate surface area is 182 Å². The summed E-state index contributed by atoms with van der Waals surface area (Å²) in [6.45, 7) is 2.08. The van der Waals surface area contributed by atoms with Gasteiger partial charge in [0.05, 0.1) is 30.3 Å². The number of hydrogen-bond donors (Lipinski definition) is 4. The average molecular weight is 423 g/mol. The second kappa shape index (κ2) is 9.39. The number of aromatic nitrogens is 2. The van der Waals surface area contributed by atoms with Gasteiger partial charge in [0.15, 0.2) is 0 Å². The van der Waals surface area contributed by atoms with Gasteiger partial charge in [-0.2, -0.15) is 0 Å². The van der Waals surface area contributed by atoms with E-state index in [-0.39, 0.29) is 30.1 Å². The first-order valence-electron chi connectivity index (χ1n) is 10.9. The monoisotopic (exact) mass is 422 g/mol. The fraction of sp³-hybridized carbons (Fsp3) is 0.417. The molecule has 2 amide bonds. The predicted molar refractivity (Wildman–Crippen MR) is 120 cm³/mol. The van der Waals surface area contributed by atoms with E-state index in [0.717, 1.165) is 53.9 Å². The van der Waals surface area contributed by atoms with E-state index in [0.29, 0.717) is 0 Å². The molecular formula is C24H30N4O3. The molecule has 164 valence electrons. The van der Waals surface area contributed by atoms with Crippen LogP contribution in [0.15, 0.2) is 48.5 Å². The smallest absolute Gasteiger partial charge is 0.315 e. The van der Waals surface area contributed by atoms with Gasteiger partial charge in [0.1, 0.15) is 11.6 Å². The summed E-state index contributed by atoms with van der Waals surface area (Å²) in [7, 11) is 1.64. The quantitative estimate of drug-likeness (QED) is 0.482. The molecule has 4 N–H and O–H groups in total. The van der Waals surface area contributed by atoms with Gasteiger partial charge in [-0.1, -0.05) is 31.2 Å². The summed E-state index contributed by atoms with van der Waals surface area (Å²) in [6, 6.07) is 15.3. The summed E-state index contributed by atoms with van der Waals surface area (Å²) >= 11 is 0. The normalized spacial score (nSPS) is 20.7. The van der Waals surface area contributed by atoms with Crippen molar-refractivity contribution in [3.8, 4) is 5.75 Å². The Hall–Kier alpha value is -3.06. The fourth-order valence-electron chi connectivity index (χ4n) is 4.24. The molecular weight excluding hydrogens is 392 g/mol. The third kappa shape index (κ3) is 4.99. The number of fused-ring (bicyclic) bond motifs is 1. The van der Waals surface area contributed by atoms with Crippen LogP contribution in [0.3, 0.4) is 0 Å². The van der Waals surface area contributed by atoms with E-state index in [1.807, 2.05) is 48.5 Å². The van der Waals surface area contributed by atoms with Crippen molar-refractivity contribution in [1.82, 2.24) is 20.6 Å². The van der Waals surface area contributed by atoms with Gasteiger partial charge in [-0.3, -0.25) is 0 Å². The molecule has 0 radical (unpaired) electrons. The first-order chi connectivity index (χ1) is 15.0. The second-order valence-electron chi connectivity index (χ2n) is 8.30. The topological polar surface area (TPSA) is 99.3 Å². The van der Waals surface area contributed by atoms with Crippen molar-refractivity contribution >= 4 is 17.1 Å². The Bertz CT molecular complexity index is 976. The van der Waals surface area contributed by atoms with E-state index in [2.05, 4.69) is 22.5 Å². The van der Waals surface area contributed by atoms with Crippen LogP contribution in [0.4, 0.5) is 4.79 Å². The van der Waals surface area contributed by atoms with Crippen molar-refractivity contribution in [1.29, 1.82) is 0 Å². The molecule has 7 heteroatoms. The van der Waals surface area contributed by atoms with Crippen molar-refractivity contribution in [2.45, 2.75) is 56.7 Å². The third-order valence-electron chi connectivity index (χ3n) is 6.16. The number of imidazole rings is 1. The lowest BCUT2D eigenvalue weighted by Crippen LogP contribution is -2.46. The van der Waals surface area contributed by atoms with Crippen molar-refractivity contribution in [2.75, 3.05) is 7.11 Å². The van der Waals surface area contributed by atoms with E-state index in [4.69, 9.17) is 9.72 Å². The molecule has 1 aromatic heterocycles. The van der Waals surface area contributed by atoms with E-state index in [1.54, 1.807) is 7.11 Å². The van der Waals surface area contributed by atoms with Crippen LogP contribution < -0.4 is 15.4 Å². The first kappa shape index (κ1) is 21.2. The number of urea groups is 1. The minimum absolute atomic E-state index is 0.0228. The second-order valence-corrected chi connectivity index (χ2v) is 8.30. The largest absolute Gasteiger partial charge is 0.497 e. The number of nitrogens with zero attached hydrogens (tertiary/aromatic N) is 1. The molecule has 1 heterocycles. The van der Waals surface area contributed by atoms with Gasteiger partial charge in [0, 0.05) is 12.0 Å². The Morgan fingerprint density at radius 1 is 1.13 bits per heavy atom. The summed E-state index contributed by atoms with van der Waals surface area (Å²) in [5, 5.41) is 15.9. The number of aliphatic hydroxyl groups excluding tert-OH is 1. The lowest BCUT2D eigenvalue weighted by molar-refractivity contribution is 0.117. The lowest BCUT2D eigenvalue weighted by Gasteiger charge is -2.29. The Kier molecular flexibility index (Phi) is 6.42. The predicted octanol–water partition coefficient (Wildman–Crippen LogP) is 4.02. The lowest BCUT2D eigenvalue weighted by atomic mass is 9.92. The number of hydrogen-bond acceptors (Lipinski definition) is 4. The van der Waals surface area contributed by atoms with Crippen LogP contribution in [0.1, 0.15) is 56.0 Å². The standard InChI is InChI=1S/C24H30N4O3/c1-15(16-7-13-19(31-2)14-8-16)22(23-26-20-5-3-4-6-21(20)27-23)28-24(30)25-17-9-11-18(29)12-10-17/h3-8,13-15,17-18,22,29H,9-12H2,1-2H3,(H,26,27)(H2,25,28,30)/t15-,17-,18-,22+/m0/s1. The van der Waals surface area contributed by atoms with Gasteiger partial charge in [0.25, 0.3) is 0 Å². The number of amides is 2. The summed E-state index contributed by atoms with van der Waals surface area (Å²) in [5.74, 6) is 1.49. The van der Waals surface area contributed by atoms with Crippen molar-refractivity contribution in [3.05, 3.63) is 59.9 Å². The summed E-state index contributed by atoms with van der Waals surface area (Å²) < 4.78 is 5.27. The summed E-state index contributed by atoms with van der Waals surface area (Å²) in [6.07, 6.45) is 2.77. The number of ether oxygens (including phenoxy) is 1. The SMILES string of the molecule is COc1ccc([C@H](C)[C@@H](NC(=O)N[C@H]2CC[C@H](O)CC2)c2nc3ccccc3[nH]2)cc1. The molecule has 0 spiro atoms. The number of benzene rings is 2. The maximum atomic E-state index is 12.9. The van der Waals surface area contributed by atoms with Crippen LogP contribution in [-0.2, 0) is 0 Å². The molecule has 3 aromatic rings. The zero-order valence-corrected chi connectivity index (χ0v) is 18.0. The molecule has 2 atom stereocenters. The minimum atomic E-state index is -0.338. The van der Waals surface area contributed by atoms with Gasteiger partial charge in [0.2, 0.25) is 0 Å². The molecule has 31 heavy (non-hydrogen) atoms. The number of rotatable bonds is 6. The Morgan fingerprint density at radius 2 is 1.84 bits per heavy atom. The number of nitrogens with one attached hydrogen (secondary N) is 3.